The van der Waals surface area contributed by atoms with Crippen molar-refractivity contribution in [3.05, 3.63) is 0 Å². The zero-order valence-electron chi connectivity index (χ0n) is 7.19. The van der Waals surface area contributed by atoms with E-state index in [1.807, 2.05) is 0 Å². The van der Waals surface area contributed by atoms with Gasteiger partial charge < -0.3 is 0 Å². The van der Waals surface area contributed by atoms with Crippen LogP contribution in [0.15, 0.2) is 0 Å². The molecule has 0 amide bonds. The van der Waals surface area contributed by atoms with E-state index in [2.05, 4.69) is 13.8 Å². The summed E-state index contributed by atoms with van der Waals surface area (Å²) < 4.78 is 0. The summed E-state index contributed by atoms with van der Waals surface area (Å²) in [7, 11) is 0. The van der Waals surface area contributed by atoms with E-state index in [4.69, 9.17) is 0 Å². The van der Waals surface area contributed by atoms with Gasteiger partial charge in [-0.15, -0.1) is 0 Å². The smallest absolute Gasteiger partial charge is 0.0269 e. The van der Waals surface area contributed by atoms with Crippen LogP contribution in [0.25, 0.3) is 0 Å². The zero-order chi connectivity index (χ0) is 7.19. The van der Waals surface area contributed by atoms with Gasteiger partial charge in [0.25, 0.3) is 0 Å². The Hall–Kier alpha value is 0. The second kappa shape index (κ2) is 1.99. The molecule has 0 heterocycles. The summed E-state index contributed by atoms with van der Waals surface area (Å²) in [5.41, 5.74) is 0.859. The maximum atomic E-state index is 2.47. The Morgan fingerprint density at radius 1 is 1.10 bits per heavy atom. The molecule has 2 rings (SSSR count). The van der Waals surface area contributed by atoms with Crippen molar-refractivity contribution in [3.8, 4) is 0 Å². The fourth-order valence-corrected chi connectivity index (χ4v) is 2.72. The van der Waals surface area contributed by atoms with Crippen LogP contribution in [-0.2, 0) is 0 Å². The third-order valence-electron chi connectivity index (χ3n) is 4.05. The largest absolute Gasteiger partial charge is 0.0622 e. The Balaban J connectivity index is 2.07. The topological polar surface area (TPSA) is 0 Å². The van der Waals surface area contributed by atoms with E-state index in [1.165, 1.54) is 12.8 Å². The average Bonchev–Trinajstić information content (AvgIpc) is 2.65. The lowest BCUT2D eigenvalue weighted by molar-refractivity contribution is 0.161. The average molecular weight is 138 g/mol. The van der Waals surface area contributed by atoms with Gasteiger partial charge in [-0.1, -0.05) is 26.7 Å². The second-order valence-corrected chi connectivity index (χ2v) is 4.52. The maximum absolute atomic E-state index is 2.47. The molecule has 0 bridgehead atoms. The van der Waals surface area contributed by atoms with E-state index < -0.39 is 0 Å². The summed E-state index contributed by atoms with van der Waals surface area (Å²) in [6.45, 7) is 4.90. The Kier molecular flexibility index (Phi) is 1.33. The number of hydrogen-bond donors (Lipinski definition) is 0. The summed E-state index contributed by atoms with van der Waals surface area (Å²) in [6.07, 6.45) is 7.62. The highest BCUT2D eigenvalue weighted by atomic mass is 14.5. The predicted molar refractivity (Wildman–Crippen MR) is 43.8 cm³/mol. The Bertz CT molecular complexity index is 133. The molecule has 0 nitrogen and oxygen atoms in total. The van der Waals surface area contributed by atoms with Gasteiger partial charge in [0, 0.05) is 0 Å². The van der Waals surface area contributed by atoms with Crippen LogP contribution in [0.1, 0.15) is 46.0 Å². The molecule has 0 saturated heterocycles. The van der Waals surface area contributed by atoms with E-state index in [-0.39, 0.29) is 0 Å². The van der Waals surface area contributed by atoms with Crippen molar-refractivity contribution in [2.24, 2.45) is 17.3 Å². The van der Waals surface area contributed by atoms with Gasteiger partial charge in [0.1, 0.15) is 0 Å². The van der Waals surface area contributed by atoms with Crippen molar-refractivity contribution in [2.75, 3.05) is 0 Å². The number of hydrogen-bond acceptors (Lipinski definition) is 0. The first kappa shape index (κ1) is 6.69. The van der Waals surface area contributed by atoms with Crippen LogP contribution in [-0.4, -0.2) is 0 Å². The fraction of sp³-hybridized carbons (Fsp3) is 1.00. The molecule has 0 aromatic carbocycles. The van der Waals surface area contributed by atoms with Gasteiger partial charge in [0.15, 0.2) is 0 Å². The van der Waals surface area contributed by atoms with E-state index in [0.717, 1.165) is 17.3 Å². The van der Waals surface area contributed by atoms with Gasteiger partial charge in [-0.3, -0.25) is 0 Å². The lowest BCUT2D eigenvalue weighted by atomic mass is 9.71. The lowest BCUT2D eigenvalue weighted by Gasteiger charge is -2.34. The van der Waals surface area contributed by atoms with Crippen molar-refractivity contribution >= 4 is 0 Å². The molecule has 2 aliphatic rings. The number of rotatable bonds is 0. The maximum Gasteiger partial charge on any atom is -0.0269 e. The van der Waals surface area contributed by atoms with Gasteiger partial charge in [0.2, 0.25) is 0 Å². The third-order valence-corrected chi connectivity index (χ3v) is 4.05. The van der Waals surface area contributed by atoms with Crippen molar-refractivity contribution in [2.45, 2.75) is 46.0 Å². The van der Waals surface area contributed by atoms with E-state index in [1.54, 1.807) is 19.3 Å². The lowest BCUT2D eigenvalue weighted by Crippen LogP contribution is -2.25. The predicted octanol–water partition coefficient (Wildman–Crippen LogP) is 3.22. The van der Waals surface area contributed by atoms with Gasteiger partial charge in [-0.05, 0) is 36.5 Å². The molecule has 2 unspecified atom stereocenters. The summed E-state index contributed by atoms with van der Waals surface area (Å²) in [5, 5.41) is 0. The second-order valence-electron chi connectivity index (χ2n) is 4.52. The van der Waals surface area contributed by atoms with Crippen LogP contribution < -0.4 is 0 Å². The van der Waals surface area contributed by atoms with Crippen LogP contribution in [0.5, 0.6) is 0 Å². The molecular formula is C10H18. The van der Waals surface area contributed by atoms with Gasteiger partial charge in [-0.25, -0.2) is 0 Å². The van der Waals surface area contributed by atoms with Crippen LogP contribution in [0.4, 0.5) is 0 Å². The SMILES string of the molecule is CC1CCCC2(CC2)C1C. The highest BCUT2D eigenvalue weighted by Crippen LogP contribution is 2.60. The minimum atomic E-state index is 0.859. The molecule has 58 valence electrons. The molecule has 2 atom stereocenters. The van der Waals surface area contributed by atoms with E-state index in [9.17, 15) is 0 Å². The van der Waals surface area contributed by atoms with Crippen LogP contribution in [0, 0.1) is 17.3 Å². The minimum Gasteiger partial charge on any atom is -0.0622 e. The van der Waals surface area contributed by atoms with Gasteiger partial charge in [0.05, 0.1) is 0 Å². The molecule has 0 aromatic rings. The van der Waals surface area contributed by atoms with Crippen molar-refractivity contribution in [1.82, 2.24) is 0 Å². The summed E-state index contributed by atoms with van der Waals surface area (Å²) in [5.74, 6) is 2.04. The van der Waals surface area contributed by atoms with E-state index >= 15 is 0 Å². The van der Waals surface area contributed by atoms with Crippen molar-refractivity contribution in [1.29, 1.82) is 0 Å². The van der Waals surface area contributed by atoms with Crippen molar-refractivity contribution in [3.63, 3.8) is 0 Å². The normalized spacial score (nSPS) is 43.8. The molecule has 0 N–H and O–H groups in total. The van der Waals surface area contributed by atoms with Gasteiger partial charge in [-0.2, -0.15) is 0 Å². The Morgan fingerprint density at radius 2 is 1.80 bits per heavy atom. The quantitative estimate of drug-likeness (QED) is 0.482. The molecule has 1 spiro atoms. The molecule has 0 heteroatoms. The van der Waals surface area contributed by atoms with E-state index in [0.29, 0.717) is 0 Å². The molecule has 0 radical (unpaired) electrons. The van der Waals surface area contributed by atoms with Crippen molar-refractivity contribution < 1.29 is 0 Å². The highest BCUT2D eigenvalue weighted by molar-refractivity contribution is 5.00. The standard InChI is InChI=1S/C10H18/c1-8-4-3-5-10(6-7-10)9(8)2/h8-9H,3-7H2,1-2H3. The Morgan fingerprint density at radius 3 is 2.30 bits per heavy atom. The Labute approximate surface area is 64.0 Å². The van der Waals surface area contributed by atoms with Crippen LogP contribution >= 0.6 is 0 Å². The monoisotopic (exact) mass is 138 g/mol. The molecule has 2 fully saturated rings. The summed E-state index contributed by atoms with van der Waals surface area (Å²) >= 11 is 0. The molecule has 0 aromatic heterocycles. The molecule has 2 aliphatic carbocycles. The first-order chi connectivity index (χ1) is 4.75. The molecular weight excluding hydrogens is 120 g/mol. The van der Waals surface area contributed by atoms with Gasteiger partial charge >= 0.3 is 0 Å². The summed E-state index contributed by atoms with van der Waals surface area (Å²) in [4.78, 5) is 0. The summed E-state index contributed by atoms with van der Waals surface area (Å²) in [6, 6.07) is 0. The first-order valence-corrected chi connectivity index (χ1v) is 4.75. The third kappa shape index (κ3) is 0.810. The minimum absolute atomic E-state index is 0.859. The first-order valence-electron chi connectivity index (χ1n) is 4.75. The molecule has 0 aliphatic heterocycles. The highest BCUT2D eigenvalue weighted by Gasteiger charge is 2.49. The van der Waals surface area contributed by atoms with Crippen LogP contribution in [0.2, 0.25) is 0 Å². The zero-order valence-corrected chi connectivity index (χ0v) is 7.19. The molecule has 2 saturated carbocycles. The van der Waals surface area contributed by atoms with Crippen LogP contribution in [0.3, 0.4) is 0 Å². The fourth-order valence-electron chi connectivity index (χ4n) is 2.72. The molecule has 10 heavy (non-hydrogen) atoms.